The van der Waals surface area contributed by atoms with E-state index in [0.717, 1.165) is 57.4 Å². The highest BCUT2D eigenvalue weighted by molar-refractivity contribution is 5.96. The van der Waals surface area contributed by atoms with Crippen molar-refractivity contribution in [2.24, 2.45) is 11.8 Å². The zero-order chi connectivity index (χ0) is 31.7. The summed E-state index contributed by atoms with van der Waals surface area (Å²) in [4.78, 5) is 48.5. The average Bonchev–Trinajstić information content (AvgIpc) is 3.03. The van der Waals surface area contributed by atoms with Crippen LogP contribution in [0.1, 0.15) is 105 Å². The molecule has 238 valence electrons. The van der Waals surface area contributed by atoms with Crippen LogP contribution in [0.15, 0.2) is 55.1 Å². The minimum absolute atomic E-state index is 0.106. The van der Waals surface area contributed by atoms with E-state index in [-0.39, 0.29) is 34.5 Å². The Morgan fingerprint density at radius 1 is 0.841 bits per heavy atom. The van der Waals surface area contributed by atoms with E-state index in [2.05, 4.69) is 13.5 Å². The van der Waals surface area contributed by atoms with Crippen LogP contribution in [-0.4, -0.2) is 42.2 Å². The van der Waals surface area contributed by atoms with Crippen molar-refractivity contribution in [3.8, 4) is 17.2 Å². The number of rotatable bonds is 18. The third-order valence-corrected chi connectivity index (χ3v) is 7.81. The van der Waals surface area contributed by atoms with Crippen molar-refractivity contribution >= 4 is 23.9 Å². The van der Waals surface area contributed by atoms with Crippen molar-refractivity contribution in [1.82, 2.24) is 0 Å². The zero-order valence-corrected chi connectivity index (χ0v) is 25.6. The summed E-state index contributed by atoms with van der Waals surface area (Å²) >= 11 is 0. The van der Waals surface area contributed by atoms with Crippen LogP contribution < -0.4 is 14.2 Å². The minimum Gasteiger partial charge on any atom is -0.494 e. The van der Waals surface area contributed by atoms with Crippen molar-refractivity contribution in [2.75, 3.05) is 13.2 Å². The topological polar surface area (TPSA) is 125 Å². The molecule has 1 aliphatic carbocycles. The van der Waals surface area contributed by atoms with E-state index < -0.39 is 17.9 Å². The fourth-order valence-corrected chi connectivity index (χ4v) is 5.22. The molecule has 0 atom stereocenters. The Morgan fingerprint density at radius 2 is 1.52 bits per heavy atom. The summed E-state index contributed by atoms with van der Waals surface area (Å²) in [5.74, 6) is -1.79. The first kappa shape index (κ1) is 34.4. The van der Waals surface area contributed by atoms with Gasteiger partial charge < -0.3 is 24.1 Å². The molecule has 1 N–H and O–H groups in total. The second-order valence-corrected chi connectivity index (χ2v) is 11.1. The predicted molar refractivity (Wildman–Crippen MR) is 165 cm³/mol. The lowest BCUT2D eigenvalue weighted by atomic mass is 9.80. The number of ether oxygens (including phenoxy) is 4. The van der Waals surface area contributed by atoms with Gasteiger partial charge in [-0.1, -0.05) is 39.2 Å². The van der Waals surface area contributed by atoms with Gasteiger partial charge in [-0.05, 0) is 99.7 Å². The van der Waals surface area contributed by atoms with Gasteiger partial charge in [0.15, 0.2) is 0 Å². The molecule has 1 aliphatic rings. The lowest BCUT2D eigenvalue weighted by molar-refractivity contribution is -0.140. The maximum Gasteiger partial charge on any atom is 0.343 e. The number of aromatic carboxylic acids is 1. The van der Waals surface area contributed by atoms with Crippen LogP contribution in [0.2, 0.25) is 0 Å². The van der Waals surface area contributed by atoms with Gasteiger partial charge in [0.1, 0.15) is 22.8 Å². The first-order valence-electron chi connectivity index (χ1n) is 15.6. The van der Waals surface area contributed by atoms with E-state index in [9.17, 15) is 24.3 Å². The average molecular weight is 609 g/mol. The summed E-state index contributed by atoms with van der Waals surface area (Å²) in [7, 11) is 0. The summed E-state index contributed by atoms with van der Waals surface area (Å²) in [6, 6.07) is 10.4. The van der Waals surface area contributed by atoms with Gasteiger partial charge in [0.2, 0.25) is 0 Å². The normalized spacial score (nSPS) is 16.0. The minimum atomic E-state index is -1.31. The van der Waals surface area contributed by atoms with Crippen LogP contribution in [-0.2, 0) is 14.3 Å². The molecule has 0 amide bonds. The highest BCUT2D eigenvalue weighted by Crippen LogP contribution is 2.33. The molecule has 9 nitrogen and oxygen atoms in total. The van der Waals surface area contributed by atoms with Crippen LogP contribution in [0.25, 0.3) is 0 Å². The zero-order valence-electron chi connectivity index (χ0n) is 25.6. The molecule has 2 aromatic carbocycles. The van der Waals surface area contributed by atoms with Crippen molar-refractivity contribution in [3.63, 3.8) is 0 Å². The number of hydrogen-bond donors (Lipinski definition) is 1. The van der Waals surface area contributed by atoms with Crippen LogP contribution in [0.5, 0.6) is 17.2 Å². The van der Waals surface area contributed by atoms with Gasteiger partial charge in [-0.3, -0.25) is 4.79 Å². The number of unbranched alkanes of at least 4 members (excludes halogenated alkanes) is 5. The van der Waals surface area contributed by atoms with Crippen molar-refractivity contribution in [2.45, 2.75) is 84.0 Å². The van der Waals surface area contributed by atoms with Crippen molar-refractivity contribution in [1.29, 1.82) is 0 Å². The molecule has 0 radical (unpaired) electrons. The lowest BCUT2D eigenvalue weighted by Crippen LogP contribution is -2.25. The van der Waals surface area contributed by atoms with Crippen LogP contribution in [0, 0.1) is 11.8 Å². The fourth-order valence-electron chi connectivity index (χ4n) is 5.22. The molecule has 0 spiro atoms. The molecule has 0 bridgehead atoms. The quantitative estimate of drug-likeness (QED) is 0.0789. The third kappa shape index (κ3) is 11.5. The number of hydrogen-bond acceptors (Lipinski definition) is 8. The first-order chi connectivity index (χ1) is 21.3. The Morgan fingerprint density at radius 3 is 2.18 bits per heavy atom. The van der Waals surface area contributed by atoms with Gasteiger partial charge in [0, 0.05) is 6.08 Å². The number of benzene rings is 2. The lowest BCUT2D eigenvalue weighted by Gasteiger charge is -2.27. The van der Waals surface area contributed by atoms with E-state index in [1.165, 1.54) is 43.9 Å². The van der Waals surface area contributed by atoms with Gasteiger partial charge >= 0.3 is 23.9 Å². The van der Waals surface area contributed by atoms with E-state index in [0.29, 0.717) is 24.9 Å². The predicted octanol–water partition coefficient (Wildman–Crippen LogP) is 7.56. The second-order valence-electron chi connectivity index (χ2n) is 11.1. The van der Waals surface area contributed by atoms with Crippen LogP contribution in [0.3, 0.4) is 0 Å². The highest BCUT2D eigenvalue weighted by Gasteiger charge is 2.28. The van der Waals surface area contributed by atoms with E-state index in [1.54, 1.807) is 24.3 Å². The molecular weight excluding hydrogens is 564 g/mol. The maximum atomic E-state index is 12.8. The summed E-state index contributed by atoms with van der Waals surface area (Å²) < 4.78 is 21.6. The number of carboxylic acid groups (broad SMARTS) is 1. The third-order valence-electron chi connectivity index (χ3n) is 7.81. The molecule has 0 aromatic heterocycles. The van der Waals surface area contributed by atoms with E-state index in [4.69, 9.17) is 18.9 Å². The summed E-state index contributed by atoms with van der Waals surface area (Å²) in [6.07, 6.45) is 13.0. The molecule has 1 fully saturated rings. The molecule has 9 heteroatoms. The fraction of sp³-hybridized carbons (Fsp3) is 0.486. The molecule has 1 saturated carbocycles. The Bertz CT molecular complexity index is 1240. The second kappa shape index (κ2) is 18.5. The largest absolute Gasteiger partial charge is 0.494 e. The molecule has 0 heterocycles. The van der Waals surface area contributed by atoms with E-state index in [1.807, 2.05) is 0 Å². The molecule has 44 heavy (non-hydrogen) atoms. The monoisotopic (exact) mass is 608 g/mol. The van der Waals surface area contributed by atoms with Gasteiger partial charge in [0.05, 0.1) is 24.7 Å². The summed E-state index contributed by atoms with van der Waals surface area (Å²) in [6.45, 7) is 6.41. The first-order valence-corrected chi connectivity index (χ1v) is 15.6. The molecule has 0 aliphatic heterocycles. The maximum absolute atomic E-state index is 12.8. The number of carbonyl (C=O) groups excluding carboxylic acids is 3. The Kier molecular flexibility index (Phi) is 14.4. The molecule has 0 unspecified atom stereocenters. The van der Waals surface area contributed by atoms with E-state index >= 15 is 0 Å². The standard InChI is InChI=1S/C35H44O9/c1-3-5-8-11-25-12-14-26(15-13-25)34(39)43-29-20-21-31(30(24-29)33(37)38)44-35(40)27-16-18-28(19-17-27)41-22-9-6-7-10-23-42-32(36)4-2/h4,16-21,24-26H,2-3,5-15,22-23H2,1H3,(H,37,38). The van der Waals surface area contributed by atoms with Gasteiger partial charge in [-0.15, -0.1) is 0 Å². The molecular formula is C35H44O9. The van der Waals surface area contributed by atoms with Gasteiger partial charge in [-0.25, -0.2) is 14.4 Å². The number of carboxylic acids is 1. The van der Waals surface area contributed by atoms with Crippen LogP contribution in [0.4, 0.5) is 0 Å². The molecule has 0 saturated heterocycles. The smallest absolute Gasteiger partial charge is 0.343 e. The summed E-state index contributed by atoms with van der Waals surface area (Å²) in [5.41, 5.74) is -0.0503. The molecule has 3 rings (SSSR count). The Hall–Kier alpha value is -4.14. The summed E-state index contributed by atoms with van der Waals surface area (Å²) in [5, 5.41) is 9.73. The molecule has 2 aromatic rings. The number of carbonyl (C=O) groups is 4. The Balaban J connectivity index is 1.45. The Labute approximate surface area is 259 Å². The SMILES string of the molecule is C=CC(=O)OCCCCCCOc1ccc(C(=O)Oc2ccc(OC(=O)C3CCC(CCCCC)CC3)cc2C(=O)O)cc1. The van der Waals surface area contributed by atoms with Gasteiger partial charge in [-0.2, -0.15) is 0 Å². The van der Waals surface area contributed by atoms with Crippen LogP contribution >= 0.6 is 0 Å². The number of esters is 3. The van der Waals surface area contributed by atoms with Crippen molar-refractivity contribution in [3.05, 3.63) is 66.2 Å². The van der Waals surface area contributed by atoms with Crippen molar-refractivity contribution < 1.29 is 43.2 Å². The van der Waals surface area contributed by atoms with Gasteiger partial charge in [0.25, 0.3) is 0 Å². The highest BCUT2D eigenvalue weighted by atomic mass is 16.5.